The number of methoxy groups -OCH3 is 1. The Hall–Kier alpha value is -2.44. The van der Waals surface area contributed by atoms with Gasteiger partial charge in [-0.15, -0.1) is 0 Å². The van der Waals surface area contributed by atoms with Gasteiger partial charge in [0, 0.05) is 31.2 Å². The van der Waals surface area contributed by atoms with E-state index in [4.69, 9.17) is 14.5 Å². The molecule has 0 aromatic heterocycles. The fraction of sp³-hybridized carbons (Fsp3) is 0.619. The Kier molecular flexibility index (Phi) is 7.96. The first-order chi connectivity index (χ1) is 13.3. The van der Waals surface area contributed by atoms with Crippen LogP contribution in [0.1, 0.15) is 46.1 Å². The van der Waals surface area contributed by atoms with Gasteiger partial charge in [0.2, 0.25) is 0 Å². The van der Waals surface area contributed by atoms with E-state index >= 15 is 0 Å². The molecular weight excluding hydrogens is 356 g/mol. The number of guanidine groups is 1. The second-order valence-corrected chi connectivity index (χ2v) is 7.89. The molecule has 1 saturated heterocycles. The zero-order valence-electron chi connectivity index (χ0n) is 17.7. The molecule has 1 aliphatic heterocycles. The van der Waals surface area contributed by atoms with Crippen LogP contribution in [-0.4, -0.2) is 55.3 Å². The molecule has 0 spiro atoms. The van der Waals surface area contributed by atoms with Gasteiger partial charge in [-0.25, -0.2) is 9.79 Å². The molecule has 0 bridgehead atoms. The van der Waals surface area contributed by atoms with Gasteiger partial charge in [-0.1, -0.05) is 18.2 Å². The van der Waals surface area contributed by atoms with Gasteiger partial charge < -0.3 is 25.0 Å². The van der Waals surface area contributed by atoms with Crippen molar-refractivity contribution in [2.75, 3.05) is 26.7 Å². The number of aliphatic imine (C=N–C) groups is 1. The standard InChI is InChI=1S/C21H34N4O3/c1-6-22-19(24-17-11-13-25(14-12-17)20(26)27-5)23-15-16-9-7-8-10-18(16)28-21(2,3)4/h7-10,17H,6,11-15H2,1-5H3,(H2,22,23,24). The Labute approximate surface area is 168 Å². The molecule has 1 heterocycles. The summed E-state index contributed by atoms with van der Waals surface area (Å²) in [6, 6.07) is 8.29. The lowest BCUT2D eigenvalue weighted by Gasteiger charge is -2.32. The van der Waals surface area contributed by atoms with E-state index in [1.54, 1.807) is 4.90 Å². The smallest absolute Gasteiger partial charge is 0.409 e. The highest BCUT2D eigenvalue weighted by atomic mass is 16.5. The molecule has 2 rings (SSSR count). The van der Waals surface area contributed by atoms with Crippen molar-refractivity contribution < 1.29 is 14.3 Å². The average molecular weight is 391 g/mol. The van der Waals surface area contributed by atoms with Crippen molar-refractivity contribution in [2.24, 2.45) is 4.99 Å². The lowest BCUT2D eigenvalue weighted by Crippen LogP contribution is -2.49. The number of likely N-dealkylation sites (tertiary alicyclic amines) is 1. The maximum absolute atomic E-state index is 11.6. The monoisotopic (exact) mass is 390 g/mol. The van der Waals surface area contributed by atoms with Gasteiger partial charge in [-0.05, 0) is 46.6 Å². The van der Waals surface area contributed by atoms with E-state index in [1.807, 2.05) is 52.0 Å². The van der Waals surface area contributed by atoms with Crippen molar-refractivity contribution >= 4 is 12.1 Å². The fourth-order valence-electron chi connectivity index (χ4n) is 3.08. The van der Waals surface area contributed by atoms with Crippen molar-refractivity contribution in [3.8, 4) is 5.75 Å². The number of rotatable bonds is 5. The van der Waals surface area contributed by atoms with Crippen LogP contribution in [0.4, 0.5) is 4.79 Å². The van der Waals surface area contributed by atoms with E-state index in [0.29, 0.717) is 19.6 Å². The number of benzene rings is 1. The quantitative estimate of drug-likeness (QED) is 0.597. The molecule has 1 aromatic rings. The van der Waals surface area contributed by atoms with Crippen molar-refractivity contribution in [1.82, 2.24) is 15.5 Å². The van der Waals surface area contributed by atoms with E-state index in [-0.39, 0.29) is 17.7 Å². The van der Waals surface area contributed by atoms with Crippen LogP contribution in [0.15, 0.2) is 29.3 Å². The van der Waals surface area contributed by atoms with Gasteiger partial charge in [0.15, 0.2) is 5.96 Å². The van der Waals surface area contributed by atoms with E-state index in [2.05, 4.69) is 10.6 Å². The van der Waals surface area contributed by atoms with Crippen molar-refractivity contribution in [2.45, 2.75) is 58.7 Å². The van der Waals surface area contributed by atoms with Gasteiger partial charge in [-0.3, -0.25) is 0 Å². The first-order valence-corrected chi connectivity index (χ1v) is 9.97. The normalized spacial score (nSPS) is 15.9. The molecule has 0 aliphatic carbocycles. The number of carbonyl (C=O) groups excluding carboxylic acids is 1. The maximum Gasteiger partial charge on any atom is 0.409 e. The minimum Gasteiger partial charge on any atom is -0.488 e. The van der Waals surface area contributed by atoms with Crippen LogP contribution in [0.2, 0.25) is 0 Å². The number of piperidine rings is 1. The second-order valence-electron chi connectivity index (χ2n) is 7.89. The number of amides is 1. The van der Waals surface area contributed by atoms with Gasteiger partial charge >= 0.3 is 6.09 Å². The molecular formula is C21H34N4O3. The molecule has 7 heteroatoms. The summed E-state index contributed by atoms with van der Waals surface area (Å²) in [5.41, 5.74) is 0.797. The Morgan fingerprint density at radius 3 is 2.54 bits per heavy atom. The highest BCUT2D eigenvalue weighted by Crippen LogP contribution is 2.23. The van der Waals surface area contributed by atoms with E-state index < -0.39 is 0 Å². The number of nitrogens with zero attached hydrogens (tertiary/aromatic N) is 2. The molecule has 1 amide bonds. The summed E-state index contributed by atoms with van der Waals surface area (Å²) in [5, 5.41) is 6.80. The SMILES string of the molecule is CCNC(=NCc1ccccc1OC(C)(C)C)NC1CCN(C(=O)OC)CC1. The third kappa shape index (κ3) is 6.94. The first-order valence-electron chi connectivity index (χ1n) is 9.97. The Morgan fingerprint density at radius 2 is 1.93 bits per heavy atom. The Balaban J connectivity index is 1.99. The van der Waals surface area contributed by atoms with Gasteiger partial charge in [0.1, 0.15) is 11.4 Å². The van der Waals surface area contributed by atoms with Crippen molar-refractivity contribution in [1.29, 1.82) is 0 Å². The Bertz CT molecular complexity index is 662. The summed E-state index contributed by atoms with van der Waals surface area (Å²) in [7, 11) is 1.42. The molecule has 28 heavy (non-hydrogen) atoms. The van der Waals surface area contributed by atoms with Crippen LogP contribution in [0.5, 0.6) is 5.75 Å². The molecule has 0 atom stereocenters. The molecule has 1 aromatic carbocycles. The Morgan fingerprint density at radius 1 is 1.25 bits per heavy atom. The summed E-state index contributed by atoms with van der Waals surface area (Å²) in [4.78, 5) is 18.1. The number of carbonyl (C=O) groups is 1. The van der Waals surface area contributed by atoms with Crippen LogP contribution < -0.4 is 15.4 Å². The maximum atomic E-state index is 11.6. The minimum atomic E-state index is -0.255. The van der Waals surface area contributed by atoms with Gasteiger partial charge in [0.25, 0.3) is 0 Å². The molecule has 0 saturated carbocycles. The molecule has 0 radical (unpaired) electrons. The van der Waals surface area contributed by atoms with Crippen molar-refractivity contribution in [3.63, 3.8) is 0 Å². The van der Waals surface area contributed by atoms with Crippen LogP contribution in [0, 0.1) is 0 Å². The summed E-state index contributed by atoms with van der Waals surface area (Å²) < 4.78 is 10.9. The fourth-order valence-corrected chi connectivity index (χ4v) is 3.08. The lowest BCUT2D eigenvalue weighted by atomic mass is 10.1. The number of hydrogen-bond donors (Lipinski definition) is 2. The molecule has 156 valence electrons. The van der Waals surface area contributed by atoms with Crippen LogP contribution in [0.3, 0.4) is 0 Å². The number of hydrogen-bond acceptors (Lipinski definition) is 4. The third-order valence-electron chi connectivity index (χ3n) is 4.41. The van der Waals surface area contributed by atoms with E-state index in [1.165, 1.54) is 7.11 Å². The summed E-state index contributed by atoms with van der Waals surface area (Å²) in [6.07, 6.45) is 1.47. The topological polar surface area (TPSA) is 75.2 Å². The number of nitrogens with one attached hydrogen (secondary N) is 2. The van der Waals surface area contributed by atoms with Gasteiger partial charge in [0.05, 0.1) is 13.7 Å². The second kappa shape index (κ2) is 10.2. The predicted octanol–water partition coefficient (Wildman–Crippen LogP) is 3.15. The molecule has 1 fully saturated rings. The highest BCUT2D eigenvalue weighted by molar-refractivity contribution is 5.80. The van der Waals surface area contributed by atoms with Crippen LogP contribution in [0.25, 0.3) is 0 Å². The van der Waals surface area contributed by atoms with Crippen LogP contribution in [-0.2, 0) is 11.3 Å². The highest BCUT2D eigenvalue weighted by Gasteiger charge is 2.23. The molecule has 0 unspecified atom stereocenters. The average Bonchev–Trinajstić information content (AvgIpc) is 2.66. The molecule has 7 nitrogen and oxygen atoms in total. The van der Waals surface area contributed by atoms with Crippen LogP contribution >= 0.6 is 0 Å². The summed E-state index contributed by atoms with van der Waals surface area (Å²) in [5.74, 6) is 1.64. The van der Waals surface area contributed by atoms with Gasteiger partial charge in [-0.2, -0.15) is 0 Å². The lowest BCUT2D eigenvalue weighted by molar-refractivity contribution is 0.111. The first kappa shape index (κ1) is 21.9. The molecule has 1 aliphatic rings. The number of para-hydroxylation sites is 1. The summed E-state index contributed by atoms with van der Waals surface area (Å²) in [6.45, 7) is 10.9. The van der Waals surface area contributed by atoms with E-state index in [9.17, 15) is 4.79 Å². The largest absolute Gasteiger partial charge is 0.488 e. The minimum absolute atomic E-state index is 0.254. The zero-order chi connectivity index (χ0) is 20.6. The van der Waals surface area contributed by atoms with E-state index in [0.717, 1.165) is 36.7 Å². The van der Waals surface area contributed by atoms with Crippen molar-refractivity contribution in [3.05, 3.63) is 29.8 Å². The zero-order valence-corrected chi connectivity index (χ0v) is 17.7. The molecule has 2 N–H and O–H groups in total. The predicted molar refractivity (Wildman–Crippen MR) is 112 cm³/mol. The summed E-state index contributed by atoms with van der Waals surface area (Å²) >= 11 is 0. The third-order valence-corrected chi connectivity index (χ3v) is 4.41. The number of ether oxygens (including phenoxy) is 2.